The second-order valence-corrected chi connectivity index (χ2v) is 9.18. The van der Waals surface area contributed by atoms with Gasteiger partial charge in [0.1, 0.15) is 5.60 Å². The molecule has 2 aliphatic carbocycles. The Labute approximate surface area is 154 Å². The van der Waals surface area contributed by atoms with Crippen molar-refractivity contribution in [3.8, 4) is 0 Å². The van der Waals surface area contributed by atoms with E-state index in [1.807, 2.05) is 13.2 Å². The van der Waals surface area contributed by atoms with Crippen molar-refractivity contribution in [2.75, 3.05) is 20.2 Å². The minimum Gasteiger partial charge on any atom is -0.372 e. The average Bonchev–Trinajstić information content (AvgIpc) is 3.12. The molecule has 2 saturated carbocycles. The first kappa shape index (κ1) is 17.5. The van der Waals surface area contributed by atoms with Crippen molar-refractivity contribution >= 4 is 17.2 Å². The Morgan fingerprint density at radius 2 is 1.80 bits per heavy atom. The van der Waals surface area contributed by atoms with Gasteiger partial charge in [0.2, 0.25) is 0 Å². The summed E-state index contributed by atoms with van der Waals surface area (Å²) in [5.41, 5.74) is 5.28. The number of hydrogen-bond donors (Lipinski definition) is 1. The fourth-order valence-corrected chi connectivity index (χ4v) is 6.91. The van der Waals surface area contributed by atoms with Crippen molar-refractivity contribution in [2.45, 2.75) is 63.0 Å². The van der Waals surface area contributed by atoms with Gasteiger partial charge in [0, 0.05) is 43.0 Å². The molecule has 138 valence electrons. The Morgan fingerprint density at radius 3 is 2.36 bits per heavy atom. The number of rotatable bonds is 4. The monoisotopic (exact) mass is 362 g/mol. The predicted octanol–water partition coefficient (Wildman–Crippen LogP) is 3.75. The van der Waals surface area contributed by atoms with Crippen molar-refractivity contribution < 1.29 is 9.53 Å². The lowest BCUT2D eigenvalue weighted by atomic mass is 9.64. The van der Waals surface area contributed by atoms with Crippen LogP contribution in [0.25, 0.3) is 0 Å². The number of primary amides is 1. The summed E-state index contributed by atoms with van der Waals surface area (Å²) in [6.45, 7) is 2.28. The Morgan fingerprint density at radius 1 is 1.12 bits per heavy atom. The van der Waals surface area contributed by atoms with E-state index < -0.39 is 0 Å². The molecule has 4 rings (SSSR count). The highest BCUT2D eigenvalue weighted by Crippen LogP contribution is 2.53. The number of hydrogen-bond acceptors (Lipinski definition) is 4. The summed E-state index contributed by atoms with van der Waals surface area (Å²) < 4.78 is 6.29. The van der Waals surface area contributed by atoms with Gasteiger partial charge in [0.15, 0.2) is 0 Å². The third kappa shape index (κ3) is 2.94. The van der Waals surface area contributed by atoms with Gasteiger partial charge in [0.25, 0.3) is 5.91 Å². The lowest BCUT2D eigenvalue weighted by Gasteiger charge is -2.56. The second-order valence-electron chi connectivity index (χ2n) is 8.10. The largest absolute Gasteiger partial charge is 0.372 e. The highest BCUT2D eigenvalue weighted by molar-refractivity contribution is 7.14. The molecule has 1 aromatic heterocycles. The molecule has 0 aromatic carbocycles. The fraction of sp³-hybridized carbons (Fsp3) is 0.750. The van der Waals surface area contributed by atoms with Crippen LogP contribution in [0.5, 0.6) is 0 Å². The average molecular weight is 363 g/mol. The Kier molecular flexibility index (Phi) is 4.91. The van der Waals surface area contributed by atoms with Gasteiger partial charge >= 0.3 is 0 Å². The van der Waals surface area contributed by atoms with E-state index in [2.05, 4.69) is 11.0 Å². The number of methoxy groups -OCH3 is 1. The van der Waals surface area contributed by atoms with E-state index in [-0.39, 0.29) is 11.5 Å². The van der Waals surface area contributed by atoms with Crippen molar-refractivity contribution in [1.29, 1.82) is 0 Å². The molecule has 1 amide bonds. The third-order valence-electron chi connectivity index (χ3n) is 6.89. The first-order valence-electron chi connectivity index (χ1n) is 9.84. The quantitative estimate of drug-likeness (QED) is 0.887. The van der Waals surface area contributed by atoms with Crippen LogP contribution >= 0.6 is 11.3 Å². The van der Waals surface area contributed by atoms with Gasteiger partial charge in [-0.05, 0) is 37.8 Å². The lowest BCUT2D eigenvalue weighted by molar-refractivity contribution is -0.173. The van der Waals surface area contributed by atoms with E-state index in [1.54, 1.807) is 11.3 Å². The fourth-order valence-electron chi connectivity index (χ4n) is 5.73. The summed E-state index contributed by atoms with van der Waals surface area (Å²) in [6.07, 6.45) is 10.7. The van der Waals surface area contributed by atoms with Crippen LogP contribution in [0.2, 0.25) is 0 Å². The Hall–Kier alpha value is -0.910. The molecule has 2 atom stereocenters. The van der Waals surface area contributed by atoms with Gasteiger partial charge < -0.3 is 10.5 Å². The molecule has 3 fully saturated rings. The zero-order chi connectivity index (χ0) is 17.4. The molecule has 25 heavy (non-hydrogen) atoms. The standard InChI is InChI=1S/C20H30N2O2S/c1-24-20(18-11-10-17(25-18)19(21)23)14-6-5-7-15(20)13-22(12-14)16-8-3-2-4-9-16/h10-11,14-16H,2-9,12-13H2,1H3,(H2,21,23). The molecule has 2 heterocycles. The van der Waals surface area contributed by atoms with E-state index in [0.29, 0.717) is 16.7 Å². The number of nitrogens with zero attached hydrogens (tertiary/aromatic N) is 1. The van der Waals surface area contributed by atoms with Crippen LogP contribution in [0.15, 0.2) is 12.1 Å². The third-order valence-corrected chi connectivity index (χ3v) is 8.12. The predicted molar refractivity (Wildman–Crippen MR) is 101 cm³/mol. The van der Waals surface area contributed by atoms with E-state index in [0.717, 1.165) is 19.1 Å². The van der Waals surface area contributed by atoms with Crippen LogP contribution in [0.4, 0.5) is 0 Å². The maximum absolute atomic E-state index is 11.6. The van der Waals surface area contributed by atoms with Gasteiger partial charge in [-0.15, -0.1) is 11.3 Å². The summed E-state index contributed by atoms with van der Waals surface area (Å²) in [6, 6.07) is 4.75. The van der Waals surface area contributed by atoms with E-state index in [4.69, 9.17) is 10.5 Å². The molecular weight excluding hydrogens is 332 g/mol. The number of fused-ring (bicyclic) bond motifs is 2. The lowest BCUT2D eigenvalue weighted by Crippen LogP contribution is -2.60. The molecule has 1 aliphatic heterocycles. The molecule has 5 heteroatoms. The maximum atomic E-state index is 11.6. The van der Waals surface area contributed by atoms with Crippen LogP contribution in [0.3, 0.4) is 0 Å². The minimum atomic E-state index is -0.327. The van der Waals surface area contributed by atoms with Crippen molar-refractivity contribution in [2.24, 2.45) is 17.6 Å². The van der Waals surface area contributed by atoms with Crippen LogP contribution in [-0.4, -0.2) is 37.0 Å². The molecule has 3 aliphatic rings. The molecule has 2 unspecified atom stereocenters. The van der Waals surface area contributed by atoms with Gasteiger partial charge in [-0.1, -0.05) is 25.7 Å². The van der Waals surface area contributed by atoms with Crippen LogP contribution < -0.4 is 5.73 Å². The normalized spacial score (nSPS) is 34.1. The highest BCUT2D eigenvalue weighted by Gasteiger charge is 2.54. The summed E-state index contributed by atoms with van der Waals surface area (Å²) in [5, 5.41) is 0. The van der Waals surface area contributed by atoms with Crippen molar-refractivity contribution in [1.82, 2.24) is 4.90 Å². The van der Waals surface area contributed by atoms with E-state index in [9.17, 15) is 4.79 Å². The van der Waals surface area contributed by atoms with Crippen LogP contribution in [0.1, 0.15) is 65.9 Å². The van der Waals surface area contributed by atoms with Crippen LogP contribution in [-0.2, 0) is 10.3 Å². The van der Waals surface area contributed by atoms with E-state index >= 15 is 0 Å². The first-order valence-corrected chi connectivity index (χ1v) is 10.7. The van der Waals surface area contributed by atoms with Gasteiger partial charge in [0.05, 0.1) is 4.88 Å². The molecule has 0 radical (unpaired) electrons. The molecule has 2 bridgehead atoms. The van der Waals surface area contributed by atoms with Gasteiger partial charge in [-0.3, -0.25) is 9.69 Å². The molecular formula is C20H30N2O2S. The van der Waals surface area contributed by atoms with Crippen molar-refractivity contribution in [3.05, 3.63) is 21.9 Å². The summed E-state index contributed by atoms with van der Waals surface area (Å²) in [4.78, 5) is 16.2. The minimum absolute atomic E-state index is 0.220. The summed E-state index contributed by atoms with van der Waals surface area (Å²) in [5.74, 6) is 0.713. The van der Waals surface area contributed by atoms with Gasteiger partial charge in [-0.25, -0.2) is 0 Å². The summed E-state index contributed by atoms with van der Waals surface area (Å²) >= 11 is 1.55. The molecule has 1 saturated heterocycles. The Balaban J connectivity index is 1.63. The maximum Gasteiger partial charge on any atom is 0.258 e. The molecule has 0 spiro atoms. The smallest absolute Gasteiger partial charge is 0.258 e. The zero-order valence-electron chi connectivity index (χ0n) is 15.2. The van der Waals surface area contributed by atoms with Crippen LogP contribution in [0, 0.1) is 11.8 Å². The number of piperidine rings is 1. The highest BCUT2D eigenvalue weighted by atomic mass is 32.1. The summed E-state index contributed by atoms with van der Waals surface area (Å²) in [7, 11) is 1.87. The number of thiophene rings is 1. The topological polar surface area (TPSA) is 55.6 Å². The number of carbonyl (C=O) groups excluding carboxylic acids is 1. The first-order chi connectivity index (χ1) is 12.1. The zero-order valence-corrected chi connectivity index (χ0v) is 16.0. The number of carbonyl (C=O) groups is 1. The number of ether oxygens (including phenoxy) is 1. The van der Waals surface area contributed by atoms with Gasteiger partial charge in [-0.2, -0.15) is 0 Å². The second kappa shape index (κ2) is 7.01. The molecule has 2 N–H and O–H groups in total. The number of likely N-dealkylation sites (tertiary alicyclic amines) is 1. The molecule has 1 aromatic rings. The molecule has 4 nitrogen and oxygen atoms in total. The number of nitrogens with two attached hydrogens (primary N) is 1. The van der Waals surface area contributed by atoms with E-state index in [1.165, 1.54) is 56.2 Å². The van der Waals surface area contributed by atoms with Crippen molar-refractivity contribution in [3.63, 3.8) is 0 Å². The number of amides is 1. The Bertz CT molecular complexity index is 609. The SMILES string of the molecule is COC1(c2ccc(C(N)=O)s2)C2CCCC1CN(C1CCCCC1)C2.